The Morgan fingerprint density at radius 2 is 1.85 bits per heavy atom. The maximum Gasteiger partial charge on any atom is 0.312 e. The lowest BCUT2D eigenvalue weighted by Gasteiger charge is -2.54. The van der Waals surface area contributed by atoms with Crippen molar-refractivity contribution < 1.29 is 19.1 Å². The quantitative estimate of drug-likeness (QED) is 0.330. The van der Waals surface area contributed by atoms with E-state index in [0.717, 1.165) is 43.3 Å². The van der Waals surface area contributed by atoms with Gasteiger partial charge in [0.15, 0.2) is 5.78 Å². The molecule has 8 atom stereocenters. The number of ether oxygens (including phenoxy) is 1. The number of carbonyl (C=O) groups is 3. The summed E-state index contributed by atoms with van der Waals surface area (Å²) in [5.74, 6) is 2.14. The summed E-state index contributed by atoms with van der Waals surface area (Å²) in [4.78, 5) is 38.2. The molecule has 4 rings (SSSR count). The second-order valence-corrected chi connectivity index (χ2v) is 12.5. The molecule has 4 aliphatic rings. The van der Waals surface area contributed by atoms with E-state index >= 15 is 0 Å². The van der Waals surface area contributed by atoms with Crippen molar-refractivity contribution in [3.05, 3.63) is 23.3 Å². The number of fused-ring (bicyclic) bond motifs is 4. The van der Waals surface area contributed by atoms with Gasteiger partial charge in [0.2, 0.25) is 0 Å². The van der Waals surface area contributed by atoms with Crippen LogP contribution < -0.4 is 0 Å². The van der Waals surface area contributed by atoms with Gasteiger partial charge in [-0.3, -0.25) is 14.4 Å². The van der Waals surface area contributed by atoms with Crippen molar-refractivity contribution in [2.75, 3.05) is 7.11 Å². The topological polar surface area (TPSA) is 60.4 Å². The summed E-state index contributed by atoms with van der Waals surface area (Å²) >= 11 is 0. The van der Waals surface area contributed by atoms with Crippen LogP contribution in [0.25, 0.3) is 0 Å². The molecular formula is C30H44O4. The van der Waals surface area contributed by atoms with E-state index in [1.807, 2.05) is 6.92 Å². The molecule has 0 aromatic heterocycles. The first-order valence-electron chi connectivity index (χ1n) is 13.5. The minimum atomic E-state index is -0.270. The zero-order valence-electron chi connectivity index (χ0n) is 22.2. The first-order chi connectivity index (χ1) is 16.0. The standard InChI is InChI=1S/C30H44O4/c1-17(19(3)28(33)34-7)8-9-18(2)22-12-13-24-21-10-11-23-20(4)25(31)14-15-29(23,5)27(21)26(32)16-30(22,24)6/h18-20,22-24H,1,8-16H2,2-7H3/t18-,19?,20+,22?,23?,24?,29-,30+/m0/s1. The predicted octanol–water partition coefficient (Wildman–Crippen LogP) is 6.49. The second kappa shape index (κ2) is 9.06. The summed E-state index contributed by atoms with van der Waals surface area (Å²) < 4.78 is 4.89. The number of hydrogen-bond donors (Lipinski definition) is 0. The van der Waals surface area contributed by atoms with Crippen molar-refractivity contribution in [3.63, 3.8) is 0 Å². The summed E-state index contributed by atoms with van der Waals surface area (Å²) in [6.45, 7) is 15.1. The molecule has 0 aromatic rings. The number of Topliss-reactive ketones (excluding diaryl/α,β-unsaturated/α-hetero) is 2. The van der Waals surface area contributed by atoms with E-state index in [0.29, 0.717) is 48.1 Å². The predicted molar refractivity (Wildman–Crippen MR) is 134 cm³/mol. The molecular weight excluding hydrogens is 424 g/mol. The smallest absolute Gasteiger partial charge is 0.312 e. The lowest BCUT2D eigenvalue weighted by Crippen LogP contribution is -2.50. The van der Waals surface area contributed by atoms with E-state index in [4.69, 9.17) is 4.74 Å². The van der Waals surface area contributed by atoms with Crippen LogP contribution in [0.3, 0.4) is 0 Å². The first kappa shape index (κ1) is 25.4. The zero-order valence-corrected chi connectivity index (χ0v) is 22.2. The lowest BCUT2D eigenvalue weighted by atomic mass is 9.48. The normalized spacial score (nSPS) is 39.1. The zero-order chi connectivity index (χ0) is 25.0. The van der Waals surface area contributed by atoms with Gasteiger partial charge in [-0.1, -0.05) is 45.4 Å². The maximum atomic E-state index is 13.8. The van der Waals surface area contributed by atoms with E-state index in [2.05, 4.69) is 34.3 Å². The van der Waals surface area contributed by atoms with Gasteiger partial charge in [0.25, 0.3) is 0 Å². The molecule has 2 fully saturated rings. The van der Waals surface area contributed by atoms with E-state index in [1.165, 1.54) is 25.5 Å². The molecule has 4 aliphatic carbocycles. The highest BCUT2D eigenvalue weighted by atomic mass is 16.5. The Hall–Kier alpha value is -1.71. The number of methoxy groups -OCH3 is 1. The minimum Gasteiger partial charge on any atom is -0.469 e. The Balaban J connectivity index is 1.54. The monoisotopic (exact) mass is 468 g/mol. The molecule has 0 amide bonds. The van der Waals surface area contributed by atoms with E-state index in [9.17, 15) is 14.4 Å². The van der Waals surface area contributed by atoms with E-state index in [1.54, 1.807) is 0 Å². The van der Waals surface area contributed by atoms with E-state index in [-0.39, 0.29) is 28.6 Å². The fraction of sp³-hybridized carbons (Fsp3) is 0.767. The average molecular weight is 469 g/mol. The number of hydrogen-bond acceptors (Lipinski definition) is 4. The van der Waals surface area contributed by atoms with Crippen molar-refractivity contribution in [3.8, 4) is 0 Å². The Bertz CT molecular complexity index is 928. The van der Waals surface area contributed by atoms with Crippen molar-refractivity contribution in [1.29, 1.82) is 0 Å². The molecule has 0 aliphatic heterocycles. The van der Waals surface area contributed by atoms with Crippen LogP contribution in [0.1, 0.15) is 92.4 Å². The SMILES string of the molecule is C=C(CC[C@H](C)C1CCC2C3=C(C(=O)C[C@@]21C)[C@@]1(C)CCC(=O)[C@H](C)C1CC3)C(C)C(=O)OC. The van der Waals surface area contributed by atoms with Crippen LogP contribution in [-0.2, 0) is 19.1 Å². The van der Waals surface area contributed by atoms with Gasteiger partial charge in [0.05, 0.1) is 13.0 Å². The third-order valence-electron chi connectivity index (χ3n) is 10.9. The van der Waals surface area contributed by atoms with Crippen LogP contribution in [0.5, 0.6) is 0 Å². The van der Waals surface area contributed by atoms with Gasteiger partial charge in [-0.2, -0.15) is 0 Å². The summed E-state index contributed by atoms with van der Waals surface area (Å²) in [5, 5.41) is 0. The number of carbonyl (C=O) groups excluding carboxylic acids is 3. The van der Waals surface area contributed by atoms with Crippen molar-refractivity contribution >= 4 is 17.5 Å². The minimum absolute atomic E-state index is 0.0178. The molecule has 0 saturated heterocycles. The number of rotatable bonds is 6. The molecule has 0 spiro atoms. The van der Waals surface area contributed by atoms with Crippen LogP contribution in [0.2, 0.25) is 0 Å². The molecule has 0 bridgehead atoms. The molecule has 0 heterocycles. The number of ketones is 2. The molecule has 0 aromatic carbocycles. The Kier molecular flexibility index (Phi) is 6.76. The summed E-state index contributed by atoms with van der Waals surface area (Å²) in [6.07, 6.45) is 8.31. The fourth-order valence-electron chi connectivity index (χ4n) is 8.73. The highest BCUT2D eigenvalue weighted by molar-refractivity contribution is 6.00. The average Bonchev–Trinajstić information content (AvgIpc) is 3.15. The molecule has 4 nitrogen and oxygen atoms in total. The van der Waals surface area contributed by atoms with Gasteiger partial charge in [-0.05, 0) is 86.4 Å². The van der Waals surface area contributed by atoms with Crippen molar-refractivity contribution in [1.82, 2.24) is 0 Å². The van der Waals surface area contributed by atoms with Gasteiger partial charge in [-0.25, -0.2) is 0 Å². The van der Waals surface area contributed by atoms with Crippen molar-refractivity contribution in [2.24, 2.45) is 46.3 Å². The molecule has 34 heavy (non-hydrogen) atoms. The lowest BCUT2D eigenvalue weighted by molar-refractivity contribution is -0.143. The fourth-order valence-corrected chi connectivity index (χ4v) is 8.73. The number of allylic oxidation sites excluding steroid dienone is 2. The molecule has 2 saturated carbocycles. The Morgan fingerprint density at radius 3 is 2.53 bits per heavy atom. The van der Waals surface area contributed by atoms with Crippen molar-refractivity contribution in [2.45, 2.75) is 92.4 Å². The van der Waals surface area contributed by atoms with Crippen LogP contribution in [-0.4, -0.2) is 24.6 Å². The van der Waals surface area contributed by atoms with Crippen LogP contribution >= 0.6 is 0 Å². The molecule has 0 radical (unpaired) electrons. The third kappa shape index (κ3) is 3.84. The summed E-state index contributed by atoms with van der Waals surface area (Å²) in [7, 11) is 1.43. The van der Waals surface area contributed by atoms with Gasteiger partial charge < -0.3 is 4.74 Å². The molecule has 4 unspecified atom stereocenters. The van der Waals surface area contributed by atoms with Gasteiger partial charge in [-0.15, -0.1) is 0 Å². The van der Waals surface area contributed by atoms with Crippen LogP contribution in [0.4, 0.5) is 0 Å². The van der Waals surface area contributed by atoms with Crippen LogP contribution in [0, 0.1) is 46.3 Å². The van der Waals surface area contributed by atoms with E-state index < -0.39 is 0 Å². The highest BCUT2D eigenvalue weighted by Crippen LogP contribution is 2.65. The third-order valence-corrected chi connectivity index (χ3v) is 10.9. The Morgan fingerprint density at radius 1 is 1.15 bits per heavy atom. The highest BCUT2D eigenvalue weighted by Gasteiger charge is 2.59. The Labute approximate surface area is 206 Å². The van der Waals surface area contributed by atoms with Gasteiger partial charge >= 0.3 is 5.97 Å². The first-order valence-corrected chi connectivity index (χ1v) is 13.5. The van der Waals surface area contributed by atoms with Gasteiger partial charge in [0, 0.05) is 24.3 Å². The van der Waals surface area contributed by atoms with Crippen LogP contribution in [0.15, 0.2) is 23.3 Å². The maximum absolute atomic E-state index is 13.8. The molecule has 4 heteroatoms. The second-order valence-electron chi connectivity index (χ2n) is 12.5. The summed E-state index contributed by atoms with van der Waals surface area (Å²) in [6, 6.07) is 0. The largest absolute Gasteiger partial charge is 0.469 e. The number of esters is 1. The summed E-state index contributed by atoms with van der Waals surface area (Å²) in [5.41, 5.74) is 3.43. The molecule has 188 valence electrons. The van der Waals surface area contributed by atoms with Gasteiger partial charge in [0.1, 0.15) is 5.78 Å². The molecule has 0 N–H and O–H groups in total.